The van der Waals surface area contributed by atoms with Crippen LogP contribution in [0.15, 0.2) is 23.4 Å². The number of esters is 1. The number of carboxylic acids is 1. The number of aromatic nitrogens is 2. The second-order valence-corrected chi connectivity index (χ2v) is 7.90. The Hall–Kier alpha value is -4.14. The molecule has 0 saturated heterocycles. The first kappa shape index (κ1) is 26.1. The number of benzene rings is 1. The maximum Gasteiger partial charge on any atom is 0.392 e. The van der Waals surface area contributed by atoms with Crippen molar-refractivity contribution in [3.63, 3.8) is 0 Å². The Balaban J connectivity index is 2.62. The van der Waals surface area contributed by atoms with Crippen LogP contribution in [0.2, 0.25) is 0 Å². The van der Waals surface area contributed by atoms with Gasteiger partial charge in [0.05, 0.1) is 27.9 Å². The Morgan fingerprint density at radius 1 is 1.15 bits per heavy atom. The van der Waals surface area contributed by atoms with Gasteiger partial charge in [-0.25, -0.2) is 9.59 Å². The summed E-state index contributed by atoms with van der Waals surface area (Å²) in [6, 6.07) is 3.27. The van der Waals surface area contributed by atoms with E-state index in [1.54, 1.807) is 6.92 Å². The van der Waals surface area contributed by atoms with Crippen molar-refractivity contribution >= 4 is 34.3 Å². The average Bonchev–Trinajstić information content (AvgIpc) is 2.76. The Labute approximate surface area is 195 Å². The van der Waals surface area contributed by atoms with E-state index in [1.807, 2.05) is 0 Å². The number of ether oxygens (including phenoxy) is 3. The number of aromatic carboxylic acids is 1. The van der Waals surface area contributed by atoms with Crippen molar-refractivity contribution in [1.82, 2.24) is 14.9 Å². The number of carboxylic acid groups (broad SMARTS) is 1. The van der Waals surface area contributed by atoms with Crippen molar-refractivity contribution in [2.24, 2.45) is 0 Å². The molecule has 1 heterocycles. The van der Waals surface area contributed by atoms with Gasteiger partial charge in [0.15, 0.2) is 6.61 Å². The molecule has 1 unspecified atom stereocenters. The topological polar surface area (TPSA) is 188 Å². The van der Waals surface area contributed by atoms with Crippen molar-refractivity contribution < 1.29 is 42.8 Å². The van der Waals surface area contributed by atoms with E-state index >= 15 is 0 Å². The minimum absolute atomic E-state index is 0.0422. The molecule has 0 aliphatic rings. The predicted molar refractivity (Wildman–Crippen MR) is 115 cm³/mol. The molecule has 1 N–H and O–H groups in total. The summed E-state index contributed by atoms with van der Waals surface area (Å²) in [5, 5.41) is 20.7. The monoisotopic (exact) mass is 496 g/mol. The van der Waals surface area contributed by atoms with Gasteiger partial charge in [-0.3, -0.25) is 19.1 Å². The van der Waals surface area contributed by atoms with Crippen LogP contribution in [0.1, 0.15) is 27.6 Å². The largest absolute Gasteiger partial charge is 0.478 e. The molecule has 0 radical (unpaired) electrons. The fourth-order valence-electron chi connectivity index (χ4n) is 2.46. The van der Waals surface area contributed by atoms with Crippen LogP contribution in [0.4, 0.5) is 5.69 Å². The maximum atomic E-state index is 12.3. The summed E-state index contributed by atoms with van der Waals surface area (Å²) in [5.41, 5.74) is -1.33. The SMILES string of the molecule is CCOC(=O)COc1nc(S(C)=O)nc(Oc2cc(C(=O)O)cc(C(=O)N(C)C)c2)c1[N+](=O)[O-]. The van der Waals surface area contributed by atoms with Gasteiger partial charge in [-0.1, -0.05) is 0 Å². The number of hydrogen-bond acceptors (Lipinski definition) is 11. The summed E-state index contributed by atoms with van der Waals surface area (Å²) >= 11 is 0. The lowest BCUT2D eigenvalue weighted by Gasteiger charge is -2.13. The van der Waals surface area contributed by atoms with Crippen molar-refractivity contribution in [3.05, 3.63) is 39.4 Å². The lowest BCUT2D eigenvalue weighted by atomic mass is 10.1. The van der Waals surface area contributed by atoms with Crippen LogP contribution in [0.25, 0.3) is 0 Å². The lowest BCUT2D eigenvalue weighted by Crippen LogP contribution is -2.22. The number of carbonyl (C=O) groups is 3. The number of rotatable bonds is 10. The summed E-state index contributed by atoms with van der Waals surface area (Å²) in [6.45, 7) is 0.855. The van der Waals surface area contributed by atoms with Gasteiger partial charge in [-0.2, -0.15) is 9.97 Å². The minimum atomic E-state index is -1.85. The normalized spacial score (nSPS) is 11.3. The number of amides is 1. The van der Waals surface area contributed by atoms with Gasteiger partial charge in [0.2, 0.25) is 5.16 Å². The van der Waals surface area contributed by atoms with Crippen LogP contribution in [-0.2, 0) is 20.3 Å². The van der Waals surface area contributed by atoms with Crippen molar-refractivity contribution in [2.45, 2.75) is 12.1 Å². The molecule has 0 fully saturated rings. The zero-order valence-corrected chi connectivity index (χ0v) is 19.3. The van der Waals surface area contributed by atoms with E-state index in [4.69, 9.17) is 14.2 Å². The molecule has 15 heteroatoms. The van der Waals surface area contributed by atoms with Crippen molar-refractivity contribution in [1.29, 1.82) is 0 Å². The van der Waals surface area contributed by atoms with Crippen LogP contribution < -0.4 is 9.47 Å². The van der Waals surface area contributed by atoms with Gasteiger partial charge in [0, 0.05) is 25.9 Å². The van der Waals surface area contributed by atoms with E-state index in [1.165, 1.54) is 25.3 Å². The van der Waals surface area contributed by atoms with Crippen LogP contribution in [0.3, 0.4) is 0 Å². The summed E-state index contributed by atoms with van der Waals surface area (Å²) in [4.78, 5) is 54.9. The highest BCUT2D eigenvalue weighted by molar-refractivity contribution is 7.84. The van der Waals surface area contributed by atoms with Gasteiger partial charge in [-0.05, 0) is 25.1 Å². The molecular formula is C19H20N4O10S. The smallest absolute Gasteiger partial charge is 0.392 e. The number of hydrogen-bond donors (Lipinski definition) is 1. The minimum Gasteiger partial charge on any atom is -0.478 e. The van der Waals surface area contributed by atoms with Gasteiger partial charge in [-0.15, -0.1) is 0 Å². The molecule has 14 nitrogen and oxygen atoms in total. The maximum absolute atomic E-state index is 12.3. The first-order valence-corrected chi connectivity index (χ1v) is 11.0. The van der Waals surface area contributed by atoms with Gasteiger partial charge >= 0.3 is 29.4 Å². The predicted octanol–water partition coefficient (Wildman–Crippen LogP) is 1.26. The van der Waals surface area contributed by atoms with E-state index < -0.39 is 62.8 Å². The molecule has 0 saturated carbocycles. The van der Waals surface area contributed by atoms with Crippen molar-refractivity contribution in [2.75, 3.05) is 33.6 Å². The van der Waals surface area contributed by atoms with E-state index in [2.05, 4.69) is 9.97 Å². The summed E-state index contributed by atoms with van der Waals surface area (Å²) < 4.78 is 27.2. The summed E-state index contributed by atoms with van der Waals surface area (Å²) in [7, 11) is 1.04. The first-order chi connectivity index (χ1) is 15.9. The zero-order valence-electron chi connectivity index (χ0n) is 18.5. The van der Waals surface area contributed by atoms with Crippen LogP contribution in [-0.4, -0.2) is 80.5 Å². The molecule has 0 spiro atoms. The molecule has 0 bridgehead atoms. The Kier molecular flexibility index (Phi) is 8.55. The molecule has 34 heavy (non-hydrogen) atoms. The standard InChI is InChI=1S/C19H20N4O10S/c1-5-31-13(24)9-32-15-14(23(28)29)16(21-19(20-15)34(4)30)33-12-7-10(17(25)22(2)3)6-11(8-12)18(26)27/h6-8H,5,9H2,1-4H3,(H,26,27). The second kappa shape index (κ2) is 11.1. The molecular weight excluding hydrogens is 476 g/mol. The zero-order chi connectivity index (χ0) is 25.6. The fourth-order valence-corrected chi connectivity index (χ4v) is 2.88. The first-order valence-electron chi connectivity index (χ1n) is 9.40. The molecule has 0 aliphatic heterocycles. The molecule has 1 aromatic carbocycles. The van der Waals surface area contributed by atoms with Gasteiger partial charge in [0.1, 0.15) is 5.75 Å². The number of nitrogens with zero attached hydrogens (tertiary/aromatic N) is 4. The number of nitro groups is 1. The molecule has 1 aromatic heterocycles. The quantitative estimate of drug-likeness (QED) is 0.215. The highest BCUT2D eigenvalue weighted by Crippen LogP contribution is 2.37. The van der Waals surface area contributed by atoms with Gasteiger partial charge in [0.25, 0.3) is 5.91 Å². The van der Waals surface area contributed by atoms with E-state index in [0.29, 0.717) is 0 Å². The second-order valence-electron chi connectivity index (χ2n) is 6.62. The summed E-state index contributed by atoms with van der Waals surface area (Å²) in [5.74, 6) is -4.51. The van der Waals surface area contributed by atoms with Crippen LogP contribution in [0, 0.1) is 10.1 Å². The van der Waals surface area contributed by atoms with E-state index in [9.17, 15) is 33.8 Å². The molecule has 182 valence electrons. The molecule has 2 rings (SSSR count). The molecule has 0 aliphatic carbocycles. The van der Waals surface area contributed by atoms with Gasteiger partial charge < -0.3 is 24.2 Å². The molecule has 1 amide bonds. The highest BCUT2D eigenvalue weighted by Gasteiger charge is 2.30. The van der Waals surface area contributed by atoms with E-state index in [-0.39, 0.29) is 23.5 Å². The third kappa shape index (κ3) is 6.44. The van der Waals surface area contributed by atoms with Crippen LogP contribution >= 0.6 is 0 Å². The summed E-state index contributed by atoms with van der Waals surface area (Å²) in [6.07, 6.45) is 1.19. The average molecular weight is 496 g/mol. The third-order valence-electron chi connectivity index (χ3n) is 3.89. The number of carbonyl (C=O) groups excluding carboxylic acids is 2. The van der Waals surface area contributed by atoms with E-state index in [0.717, 1.165) is 18.2 Å². The van der Waals surface area contributed by atoms with Crippen LogP contribution in [0.5, 0.6) is 17.5 Å². The lowest BCUT2D eigenvalue weighted by molar-refractivity contribution is -0.387. The Bertz CT molecular complexity index is 1170. The third-order valence-corrected chi connectivity index (χ3v) is 4.59. The molecule has 2 aromatic rings. The Morgan fingerprint density at radius 3 is 2.29 bits per heavy atom. The molecule has 1 atom stereocenters. The fraction of sp³-hybridized carbons (Fsp3) is 0.316. The Morgan fingerprint density at radius 2 is 1.76 bits per heavy atom. The van der Waals surface area contributed by atoms with Crippen molar-refractivity contribution in [3.8, 4) is 17.5 Å². The highest BCUT2D eigenvalue weighted by atomic mass is 32.2.